The number of likely N-dealkylation sites (tertiary alicyclic amines) is 1. The summed E-state index contributed by atoms with van der Waals surface area (Å²) in [5, 5.41) is 5.59. The van der Waals surface area contributed by atoms with Crippen molar-refractivity contribution in [3.05, 3.63) is 39.6 Å². The third-order valence-corrected chi connectivity index (χ3v) is 4.61. The van der Waals surface area contributed by atoms with Crippen LogP contribution in [0.4, 0.5) is 0 Å². The van der Waals surface area contributed by atoms with E-state index in [9.17, 15) is 4.79 Å². The number of nitrogens with zero attached hydrogens (tertiary/aromatic N) is 6. The summed E-state index contributed by atoms with van der Waals surface area (Å²) in [5.74, 6) is 0.327. The topological polar surface area (TPSA) is 113 Å². The molecule has 3 heterocycles. The molecule has 0 atom stereocenters. The van der Waals surface area contributed by atoms with E-state index >= 15 is 0 Å². The number of hydrogen-bond donors (Lipinski definition) is 0. The van der Waals surface area contributed by atoms with Gasteiger partial charge in [0.1, 0.15) is 17.9 Å². The number of carbonyl (C=O) groups excluding carboxylic acids is 1. The lowest BCUT2D eigenvalue weighted by Gasteiger charge is -2.38. The molecule has 1 amide bonds. The molecule has 1 aliphatic heterocycles. The van der Waals surface area contributed by atoms with Gasteiger partial charge in [-0.2, -0.15) is 0 Å². The zero-order valence-corrected chi connectivity index (χ0v) is 16.0. The maximum absolute atomic E-state index is 11.8. The fourth-order valence-electron chi connectivity index (χ4n) is 2.92. The largest absolute Gasteiger partial charge is 0.470 e. The molecule has 0 aromatic carbocycles. The van der Waals surface area contributed by atoms with Gasteiger partial charge in [-0.3, -0.25) is 4.79 Å². The summed E-state index contributed by atoms with van der Waals surface area (Å²) in [5.41, 5.74) is 8.75. The van der Waals surface area contributed by atoms with E-state index < -0.39 is 5.54 Å². The lowest BCUT2D eigenvalue weighted by atomic mass is 9.93. The highest BCUT2D eigenvalue weighted by Crippen LogP contribution is 2.36. The van der Waals surface area contributed by atoms with Crippen LogP contribution in [0.15, 0.2) is 23.6 Å². The van der Waals surface area contributed by atoms with Crippen molar-refractivity contribution in [3.63, 3.8) is 0 Å². The second kappa shape index (κ2) is 7.56. The molecule has 1 saturated heterocycles. The number of amides is 1. The molecule has 0 unspecified atom stereocenters. The van der Waals surface area contributed by atoms with Crippen molar-refractivity contribution in [2.75, 3.05) is 26.8 Å². The van der Waals surface area contributed by atoms with Crippen LogP contribution in [0.25, 0.3) is 21.2 Å². The number of ether oxygens (including phenoxy) is 2. The van der Waals surface area contributed by atoms with Crippen LogP contribution in [0.3, 0.4) is 0 Å². The van der Waals surface area contributed by atoms with Crippen molar-refractivity contribution in [3.8, 4) is 5.88 Å². The number of pyridine rings is 2. The van der Waals surface area contributed by atoms with Gasteiger partial charge in [0.2, 0.25) is 11.8 Å². The van der Waals surface area contributed by atoms with E-state index in [4.69, 9.17) is 26.6 Å². The Morgan fingerprint density at radius 2 is 2.15 bits per heavy atom. The molecule has 2 aromatic rings. The van der Waals surface area contributed by atoms with Gasteiger partial charge in [-0.25, -0.2) is 9.97 Å². The molecule has 1 aliphatic rings. The van der Waals surface area contributed by atoms with Gasteiger partial charge in [-0.15, -0.1) is 0 Å². The standard InChI is InChI=1S/C17H19ClN6O3/c1-17(2,22-23-19)13-6-21-16(12-5-20-14(18)4-11(12)13)27-10-7-24(8-10)15(25)9-26-3/h4-6,10H,7-9H2,1-3H3. The van der Waals surface area contributed by atoms with E-state index in [1.807, 2.05) is 0 Å². The molecule has 1 fully saturated rings. The Morgan fingerprint density at radius 1 is 1.41 bits per heavy atom. The van der Waals surface area contributed by atoms with E-state index in [1.54, 1.807) is 37.2 Å². The van der Waals surface area contributed by atoms with Crippen molar-refractivity contribution in [1.29, 1.82) is 0 Å². The smallest absolute Gasteiger partial charge is 0.248 e. The Kier molecular flexibility index (Phi) is 5.36. The molecule has 142 valence electrons. The lowest BCUT2D eigenvalue weighted by molar-refractivity contribution is -0.144. The van der Waals surface area contributed by atoms with Crippen molar-refractivity contribution in [1.82, 2.24) is 14.9 Å². The number of halogens is 1. The number of carbonyl (C=O) groups is 1. The second-order valence-corrected chi connectivity index (χ2v) is 7.14. The van der Waals surface area contributed by atoms with Crippen LogP contribution in [-0.2, 0) is 15.1 Å². The van der Waals surface area contributed by atoms with Gasteiger partial charge in [-0.1, -0.05) is 30.6 Å². The highest BCUT2D eigenvalue weighted by Gasteiger charge is 2.33. The average molecular weight is 391 g/mol. The predicted octanol–water partition coefficient (Wildman–Crippen LogP) is 3.06. The number of hydrogen-bond acceptors (Lipinski definition) is 6. The third-order valence-electron chi connectivity index (χ3n) is 4.40. The normalized spacial score (nSPS) is 14.6. The van der Waals surface area contributed by atoms with Gasteiger partial charge in [-0.05, 0) is 22.5 Å². The van der Waals surface area contributed by atoms with E-state index in [0.717, 1.165) is 10.9 Å². The fraction of sp³-hybridized carbons (Fsp3) is 0.471. The fourth-order valence-corrected chi connectivity index (χ4v) is 3.08. The highest BCUT2D eigenvalue weighted by atomic mass is 35.5. The molecular formula is C17H19ClN6O3. The van der Waals surface area contributed by atoms with Crippen LogP contribution in [-0.4, -0.2) is 53.7 Å². The summed E-state index contributed by atoms with van der Waals surface area (Å²) in [4.78, 5) is 24.8. The number of aromatic nitrogens is 2. The molecular weight excluding hydrogens is 372 g/mol. The van der Waals surface area contributed by atoms with Crippen molar-refractivity contribution in [2.45, 2.75) is 25.5 Å². The minimum absolute atomic E-state index is 0.0551. The Hall–Kier alpha value is -2.61. The molecule has 27 heavy (non-hydrogen) atoms. The summed E-state index contributed by atoms with van der Waals surface area (Å²) >= 11 is 6.07. The van der Waals surface area contributed by atoms with Gasteiger partial charge in [0.05, 0.1) is 24.0 Å². The highest BCUT2D eigenvalue weighted by molar-refractivity contribution is 6.30. The van der Waals surface area contributed by atoms with Crippen LogP contribution < -0.4 is 4.74 Å². The van der Waals surface area contributed by atoms with Crippen molar-refractivity contribution in [2.24, 2.45) is 5.11 Å². The van der Waals surface area contributed by atoms with E-state index in [1.165, 1.54) is 7.11 Å². The van der Waals surface area contributed by atoms with Crippen LogP contribution in [0.1, 0.15) is 19.4 Å². The van der Waals surface area contributed by atoms with Crippen LogP contribution >= 0.6 is 11.6 Å². The predicted molar refractivity (Wildman–Crippen MR) is 99.6 cm³/mol. The monoisotopic (exact) mass is 390 g/mol. The van der Waals surface area contributed by atoms with E-state index in [-0.39, 0.29) is 18.6 Å². The summed E-state index contributed by atoms with van der Waals surface area (Å²) in [7, 11) is 1.49. The minimum atomic E-state index is -0.816. The SMILES string of the molecule is COCC(=O)N1CC(Oc2ncc(C(C)(C)N=[N+]=[N-])c3cc(Cl)ncc23)C1. The molecule has 10 heteroatoms. The molecule has 0 saturated carbocycles. The third kappa shape index (κ3) is 3.90. The zero-order chi connectivity index (χ0) is 19.6. The first-order valence-electron chi connectivity index (χ1n) is 8.30. The first-order valence-corrected chi connectivity index (χ1v) is 8.68. The Morgan fingerprint density at radius 3 is 2.81 bits per heavy atom. The first-order chi connectivity index (χ1) is 12.9. The zero-order valence-electron chi connectivity index (χ0n) is 15.2. The molecule has 0 aliphatic carbocycles. The van der Waals surface area contributed by atoms with E-state index in [2.05, 4.69) is 20.0 Å². The molecule has 0 N–H and O–H groups in total. The molecule has 9 nitrogen and oxygen atoms in total. The molecule has 2 aromatic heterocycles. The summed E-state index contributed by atoms with van der Waals surface area (Å²) < 4.78 is 10.8. The summed E-state index contributed by atoms with van der Waals surface area (Å²) in [6.07, 6.45) is 3.05. The van der Waals surface area contributed by atoms with Crippen molar-refractivity contribution >= 4 is 28.3 Å². The van der Waals surface area contributed by atoms with Crippen LogP contribution in [0.5, 0.6) is 5.88 Å². The average Bonchev–Trinajstić information content (AvgIpc) is 2.57. The van der Waals surface area contributed by atoms with Gasteiger partial charge in [0.15, 0.2) is 0 Å². The van der Waals surface area contributed by atoms with Crippen LogP contribution in [0, 0.1) is 0 Å². The molecule has 0 spiro atoms. The number of fused-ring (bicyclic) bond motifs is 1. The van der Waals surface area contributed by atoms with Crippen LogP contribution in [0.2, 0.25) is 5.15 Å². The minimum Gasteiger partial charge on any atom is -0.470 e. The van der Waals surface area contributed by atoms with Gasteiger partial charge < -0.3 is 14.4 Å². The molecule has 0 radical (unpaired) electrons. The first kappa shape index (κ1) is 19.2. The second-order valence-electron chi connectivity index (χ2n) is 6.75. The lowest BCUT2D eigenvalue weighted by Crippen LogP contribution is -2.57. The Labute approximate surface area is 160 Å². The summed E-state index contributed by atoms with van der Waals surface area (Å²) in [6, 6.07) is 1.70. The van der Waals surface area contributed by atoms with Gasteiger partial charge in [0, 0.05) is 24.4 Å². The Balaban J connectivity index is 1.88. The quantitative estimate of drug-likeness (QED) is 0.325. The Bertz CT molecular complexity index is 922. The maximum atomic E-state index is 11.8. The molecule has 3 rings (SSSR count). The number of rotatable bonds is 6. The molecule has 0 bridgehead atoms. The van der Waals surface area contributed by atoms with E-state index in [0.29, 0.717) is 29.5 Å². The van der Waals surface area contributed by atoms with Crippen molar-refractivity contribution < 1.29 is 14.3 Å². The number of azide groups is 1. The maximum Gasteiger partial charge on any atom is 0.248 e. The van der Waals surface area contributed by atoms with Gasteiger partial charge in [0.25, 0.3) is 0 Å². The number of methoxy groups -OCH3 is 1. The van der Waals surface area contributed by atoms with Gasteiger partial charge >= 0.3 is 0 Å². The summed E-state index contributed by atoms with van der Waals surface area (Å²) in [6.45, 7) is 4.59.